The molecule has 0 aliphatic carbocycles. The van der Waals surface area contributed by atoms with Crippen molar-refractivity contribution < 1.29 is 14.0 Å². The fourth-order valence-corrected chi connectivity index (χ4v) is 3.82. The summed E-state index contributed by atoms with van der Waals surface area (Å²) in [4.78, 5) is 26.5. The standard InChI is InChI=1S/C24H31FN4O2/c1-18-5-4-12-29(16-18)17-21-7-3-2-6-20(21)14-26-23(30)15-28-24(31)27-13-19-8-10-22(25)11-9-19/h2-3,6-11,18H,4-5,12-17H2,1H3,(H,26,30)(H2,27,28,31). The van der Waals surface area contributed by atoms with E-state index in [0.717, 1.165) is 36.7 Å². The fraction of sp³-hybridized carbons (Fsp3) is 0.417. The zero-order valence-electron chi connectivity index (χ0n) is 18.0. The average molecular weight is 427 g/mol. The maximum Gasteiger partial charge on any atom is 0.315 e. The van der Waals surface area contributed by atoms with E-state index in [2.05, 4.69) is 33.8 Å². The van der Waals surface area contributed by atoms with Crippen LogP contribution in [0.3, 0.4) is 0 Å². The SMILES string of the molecule is CC1CCCN(Cc2ccccc2CNC(=O)CNC(=O)NCc2ccc(F)cc2)C1. The van der Waals surface area contributed by atoms with Crippen LogP contribution >= 0.6 is 0 Å². The molecule has 166 valence electrons. The normalized spacial score (nSPS) is 16.5. The molecule has 6 nitrogen and oxygen atoms in total. The van der Waals surface area contributed by atoms with E-state index in [9.17, 15) is 14.0 Å². The van der Waals surface area contributed by atoms with Crippen LogP contribution in [0.1, 0.15) is 36.5 Å². The lowest BCUT2D eigenvalue weighted by Gasteiger charge is -2.31. The van der Waals surface area contributed by atoms with Gasteiger partial charge < -0.3 is 16.0 Å². The number of piperidine rings is 1. The maximum absolute atomic E-state index is 12.9. The van der Waals surface area contributed by atoms with Crippen molar-refractivity contribution in [1.29, 1.82) is 0 Å². The lowest BCUT2D eigenvalue weighted by Crippen LogP contribution is -2.41. The number of rotatable bonds is 8. The molecule has 1 atom stereocenters. The van der Waals surface area contributed by atoms with Crippen molar-refractivity contribution in [3.8, 4) is 0 Å². The molecule has 2 aromatic carbocycles. The second-order valence-electron chi connectivity index (χ2n) is 8.19. The van der Waals surface area contributed by atoms with E-state index in [-0.39, 0.29) is 24.8 Å². The number of benzene rings is 2. The van der Waals surface area contributed by atoms with Crippen LogP contribution in [0.4, 0.5) is 9.18 Å². The average Bonchev–Trinajstić information content (AvgIpc) is 2.77. The van der Waals surface area contributed by atoms with E-state index >= 15 is 0 Å². The molecule has 3 rings (SSSR count). The predicted molar refractivity (Wildman–Crippen MR) is 119 cm³/mol. The maximum atomic E-state index is 12.9. The van der Waals surface area contributed by atoms with Crippen molar-refractivity contribution in [2.45, 2.75) is 39.4 Å². The fourth-order valence-electron chi connectivity index (χ4n) is 3.82. The van der Waals surface area contributed by atoms with Gasteiger partial charge in [-0.1, -0.05) is 43.3 Å². The molecule has 1 fully saturated rings. The van der Waals surface area contributed by atoms with Crippen LogP contribution in [0, 0.1) is 11.7 Å². The van der Waals surface area contributed by atoms with Crippen molar-refractivity contribution >= 4 is 11.9 Å². The summed E-state index contributed by atoms with van der Waals surface area (Å²) in [5, 5.41) is 8.07. The van der Waals surface area contributed by atoms with Crippen LogP contribution < -0.4 is 16.0 Å². The molecule has 7 heteroatoms. The number of urea groups is 1. The van der Waals surface area contributed by atoms with E-state index in [0.29, 0.717) is 6.54 Å². The summed E-state index contributed by atoms with van der Waals surface area (Å²) in [5.41, 5.74) is 3.09. The van der Waals surface area contributed by atoms with Gasteiger partial charge in [0.25, 0.3) is 0 Å². The Morgan fingerprint density at radius 3 is 2.48 bits per heavy atom. The number of amides is 3. The third-order valence-corrected chi connectivity index (χ3v) is 5.51. The lowest BCUT2D eigenvalue weighted by molar-refractivity contribution is -0.120. The summed E-state index contributed by atoms with van der Waals surface area (Å²) in [6, 6.07) is 13.6. The summed E-state index contributed by atoms with van der Waals surface area (Å²) in [7, 11) is 0. The van der Waals surface area contributed by atoms with Crippen LogP contribution in [0.25, 0.3) is 0 Å². The van der Waals surface area contributed by atoms with E-state index in [1.54, 1.807) is 12.1 Å². The van der Waals surface area contributed by atoms with Gasteiger partial charge in [-0.15, -0.1) is 0 Å². The molecule has 0 spiro atoms. The van der Waals surface area contributed by atoms with Gasteiger partial charge in [0, 0.05) is 26.2 Å². The Balaban J connectivity index is 1.40. The summed E-state index contributed by atoms with van der Waals surface area (Å²) in [6.45, 7) is 5.98. The van der Waals surface area contributed by atoms with Crippen molar-refractivity contribution in [1.82, 2.24) is 20.9 Å². The number of carbonyl (C=O) groups is 2. The molecular formula is C24H31FN4O2. The first-order valence-corrected chi connectivity index (χ1v) is 10.8. The van der Waals surface area contributed by atoms with Gasteiger partial charge in [-0.05, 0) is 54.1 Å². The third kappa shape index (κ3) is 7.68. The Morgan fingerprint density at radius 1 is 1.00 bits per heavy atom. The molecule has 0 radical (unpaired) electrons. The number of nitrogens with one attached hydrogen (secondary N) is 3. The monoisotopic (exact) mass is 426 g/mol. The molecule has 0 aromatic heterocycles. The number of hydrogen-bond acceptors (Lipinski definition) is 3. The topological polar surface area (TPSA) is 73.5 Å². The molecule has 1 aliphatic rings. The van der Waals surface area contributed by atoms with Gasteiger partial charge in [-0.2, -0.15) is 0 Å². The van der Waals surface area contributed by atoms with Gasteiger partial charge in [0.2, 0.25) is 5.91 Å². The molecule has 1 heterocycles. The van der Waals surface area contributed by atoms with E-state index in [1.165, 1.54) is 30.5 Å². The molecule has 0 saturated carbocycles. The van der Waals surface area contributed by atoms with E-state index in [4.69, 9.17) is 0 Å². The second-order valence-corrected chi connectivity index (χ2v) is 8.19. The van der Waals surface area contributed by atoms with Gasteiger partial charge in [-0.25, -0.2) is 9.18 Å². The van der Waals surface area contributed by atoms with Crippen LogP contribution in [-0.2, 0) is 24.4 Å². The Labute approximate surface area is 183 Å². The minimum absolute atomic E-state index is 0.110. The highest BCUT2D eigenvalue weighted by Crippen LogP contribution is 2.19. The molecule has 1 aliphatic heterocycles. The first-order valence-electron chi connectivity index (χ1n) is 10.8. The van der Waals surface area contributed by atoms with E-state index < -0.39 is 6.03 Å². The molecule has 1 unspecified atom stereocenters. The van der Waals surface area contributed by atoms with Gasteiger partial charge in [0.05, 0.1) is 6.54 Å². The van der Waals surface area contributed by atoms with Gasteiger partial charge in [0.1, 0.15) is 5.82 Å². The molecule has 2 aromatic rings. The Hall–Kier alpha value is -2.93. The summed E-state index contributed by atoms with van der Waals surface area (Å²) in [5.74, 6) is 0.149. The largest absolute Gasteiger partial charge is 0.350 e. The minimum atomic E-state index is -0.445. The Bertz CT molecular complexity index is 872. The van der Waals surface area contributed by atoms with Crippen molar-refractivity contribution in [2.75, 3.05) is 19.6 Å². The van der Waals surface area contributed by atoms with Crippen molar-refractivity contribution in [3.63, 3.8) is 0 Å². The zero-order chi connectivity index (χ0) is 22.1. The summed E-state index contributed by atoms with van der Waals surface area (Å²) < 4.78 is 12.9. The molecular weight excluding hydrogens is 395 g/mol. The van der Waals surface area contributed by atoms with E-state index in [1.807, 2.05) is 18.2 Å². The summed E-state index contributed by atoms with van der Waals surface area (Å²) >= 11 is 0. The first-order chi connectivity index (χ1) is 15.0. The van der Waals surface area contributed by atoms with Crippen LogP contribution in [-0.4, -0.2) is 36.5 Å². The first kappa shape index (κ1) is 22.7. The highest BCUT2D eigenvalue weighted by Gasteiger charge is 2.17. The predicted octanol–water partition coefficient (Wildman–Crippen LogP) is 3.17. The quantitative estimate of drug-likeness (QED) is 0.607. The third-order valence-electron chi connectivity index (χ3n) is 5.51. The number of likely N-dealkylation sites (tertiary alicyclic amines) is 1. The van der Waals surface area contributed by atoms with Crippen molar-refractivity contribution in [2.24, 2.45) is 5.92 Å². The molecule has 1 saturated heterocycles. The highest BCUT2D eigenvalue weighted by molar-refractivity contribution is 5.83. The summed E-state index contributed by atoms with van der Waals surface area (Å²) in [6.07, 6.45) is 2.52. The van der Waals surface area contributed by atoms with Crippen LogP contribution in [0.2, 0.25) is 0 Å². The lowest BCUT2D eigenvalue weighted by atomic mass is 9.99. The van der Waals surface area contributed by atoms with Gasteiger partial charge in [-0.3, -0.25) is 9.69 Å². The Morgan fingerprint density at radius 2 is 1.74 bits per heavy atom. The van der Waals surface area contributed by atoms with Crippen LogP contribution in [0.15, 0.2) is 48.5 Å². The van der Waals surface area contributed by atoms with Gasteiger partial charge >= 0.3 is 6.03 Å². The molecule has 3 amide bonds. The highest BCUT2D eigenvalue weighted by atomic mass is 19.1. The minimum Gasteiger partial charge on any atom is -0.350 e. The number of carbonyl (C=O) groups excluding carboxylic acids is 2. The van der Waals surface area contributed by atoms with Crippen LogP contribution in [0.5, 0.6) is 0 Å². The Kier molecular flexibility index (Phi) is 8.41. The number of hydrogen-bond donors (Lipinski definition) is 3. The molecule has 3 N–H and O–H groups in total. The molecule has 0 bridgehead atoms. The number of nitrogens with zero attached hydrogens (tertiary/aromatic N) is 1. The number of halogens is 1. The second kappa shape index (κ2) is 11.5. The molecule has 31 heavy (non-hydrogen) atoms. The smallest absolute Gasteiger partial charge is 0.315 e. The zero-order valence-corrected chi connectivity index (χ0v) is 18.0. The van der Waals surface area contributed by atoms with Gasteiger partial charge in [0.15, 0.2) is 0 Å². The van der Waals surface area contributed by atoms with Crippen molar-refractivity contribution in [3.05, 3.63) is 71.0 Å².